The molecule has 18 heavy (non-hydrogen) atoms. The Morgan fingerprint density at radius 2 is 1.83 bits per heavy atom. The first-order chi connectivity index (χ1) is 8.54. The SMILES string of the molecule is Cc1nc(-c2ccc(C(C)C)cc2)c(CN)n1C. The van der Waals surface area contributed by atoms with Crippen molar-refractivity contribution in [2.24, 2.45) is 12.8 Å². The minimum Gasteiger partial charge on any atom is -0.334 e. The summed E-state index contributed by atoms with van der Waals surface area (Å²) in [6.07, 6.45) is 0. The van der Waals surface area contributed by atoms with Gasteiger partial charge in [0.25, 0.3) is 0 Å². The molecule has 0 aliphatic rings. The summed E-state index contributed by atoms with van der Waals surface area (Å²) < 4.78 is 2.06. The van der Waals surface area contributed by atoms with Gasteiger partial charge >= 0.3 is 0 Å². The first-order valence-electron chi connectivity index (χ1n) is 6.37. The molecule has 96 valence electrons. The summed E-state index contributed by atoms with van der Waals surface area (Å²) in [7, 11) is 2.01. The Morgan fingerprint density at radius 3 is 2.33 bits per heavy atom. The van der Waals surface area contributed by atoms with Crippen molar-refractivity contribution >= 4 is 0 Å². The number of aryl methyl sites for hydroxylation is 1. The van der Waals surface area contributed by atoms with E-state index in [0.29, 0.717) is 12.5 Å². The molecule has 0 radical (unpaired) electrons. The van der Waals surface area contributed by atoms with Crippen LogP contribution in [0.1, 0.15) is 36.8 Å². The predicted octanol–water partition coefficient (Wildman–Crippen LogP) is 2.98. The van der Waals surface area contributed by atoms with E-state index in [1.54, 1.807) is 0 Å². The van der Waals surface area contributed by atoms with Gasteiger partial charge in [-0.15, -0.1) is 0 Å². The maximum absolute atomic E-state index is 5.82. The standard InChI is InChI=1S/C15H21N3/c1-10(2)12-5-7-13(8-6-12)15-14(9-16)18(4)11(3)17-15/h5-8,10H,9,16H2,1-4H3. The number of hydrogen-bond acceptors (Lipinski definition) is 2. The van der Waals surface area contributed by atoms with E-state index >= 15 is 0 Å². The van der Waals surface area contributed by atoms with Crippen LogP contribution in [-0.4, -0.2) is 9.55 Å². The van der Waals surface area contributed by atoms with E-state index in [4.69, 9.17) is 5.73 Å². The second kappa shape index (κ2) is 4.94. The molecule has 0 fully saturated rings. The van der Waals surface area contributed by atoms with Crippen molar-refractivity contribution < 1.29 is 0 Å². The van der Waals surface area contributed by atoms with Gasteiger partial charge in [-0.3, -0.25) is 0 Å². The summed E-state index contributed by atoms with van der Waals surface area (Å²) in [4.78, 5) is 4.61. The van der Waals surface area contributed by atoms with Crippen LogP contribution in [0.2, 0.25) is 0 Å². The topological polar surface area (TPSA) is 43.8 Å². The highest BCUT2D eigenvalue weighted by atomic mass is 15.1. The van der Waals surface area contributed by atoms with Gasteiger partial charge in [0, 0.05) is 19.2 Å². The summed E-state index contributed by atoms with van der Waals surface area (Å²) in [5, 5.41) is 0. The number of nitrogens with zero attached hydrogens (tertiary/aromatic N) is 2. The molecule has 0 saturated carbocycles. The maximum atomic E-state index is 5.82. The van der Waals surface area contributed by atoms with Crippen molar-refractivity contribution in [2.75, 3.05) is 0 Å². The van der Waals surface area contributed by atoms with Crippen molar-refractivity contribution in [1.82, 2.24) is 9.55 Å². The lowest BCUT2D eigenvalue weighted by atomic mass is 10.0. The third kappa shape index (κ3) is 2.18. The van der Waals surface area contributed by atoms with Crippen LogP contribution in [0.3, 0.4) is 0 Å². The van der Waals surface area contributed by atoms with Crippen LogP contribution in [0.25, 0.3) is 11.3 Å². The molecule has 2 rings (SSSR count). The van der Waals surface area contributed by atoms with Gasteiger partial charge in [-0.2, -0.15) is 0 Å². The molecular formula is C15H21N3. The zero-order valence-corrected chi connectivity index (χ0v) is 11.6. The Hall–Kier alpha value is -1.61. The summed E-state index contributed by atoms with van der Waals surface area (Å²) >= 11 is 0. The summed E-state index contributed by atoms with van der Waals surface area (Å²) in [6.45, 7) is 6.92. The lowest BCUT2D eigenvalue weighted by molar-refractivity contribution is 0.789. The van der Waals surface area contributed by atoms with E-state index in [0.717, 1.165) is 22.8 Å². The van der Waals surface area contributed by atoms with E-state index in [9.17, 15) is 0 Å². The smallest absolute Gasteiger partial charge is 0.106 e. The van der Waals surface area contributed by atoms with Crippen molar-refractivity contribution in [3.63, 3.8) is 0 Å². The van der Waals surface area contributed by atoms with Crippen molar-refractivity contribution in [1.29, 1.82) is 0 Å². The molecule has 0 saturated heterocycles. The van der Waals surface area contributed by atoms with Gasteiger partial charge in [-0.05, 0) is 18.4 Å². The second-order valence-corrected chi connectivity index (χ2v) is 4.99. The third-order valence-corrected chi connectivity index (χ3v) is 3.48. The van der Waals surface area contributed by atoms with Crippen molar-refractivity contribution in [2.45, 2.75) is 33.2 Å². The Labute approximate surface area is 109 Å². The molecule has 1 aromatic heterocycles. The van der Waals surface area contributed by atoms with E-state index in [1.807, 2.05) is 14.0 Å². The molecule has 0 atom stereocenters. The van der Waals surface area contributed by atoms with Gasteiger partial charge in [0.15, 0.2) is 0 Å². The molecule has 0 unspecified atom stereocenters. The summed E-state index contributed by atoms with van der Waals surface area (Å²) in [6, 6.07) is 8.61. The molecule has 3 nitrogen and oxygen atoms in total. The first kappa shape index (κ1) is 12.8. The zero-order valence-electron chi connectivity index (χ0n) is 11.6. The third-order valence-electron chi connectivity index (χ3n) is 3.48. The number of nitrogens with two attached hydrogens (primary N) is 1. The Kier molecular flexibility index (Phi) is 3.53. The quantitative estimate of drug-likeness (QED) is 0.900. The van der Waals surface area contributed by atoms with Gasteiger partial charge < -0.3 is 10.3 Å². The van der Waals surface area contributed by atoms with Gasteiger partial charge in [-0.25, -0.2) is 4.98 Å². The molecule has 2 aromatic rings. The number of rotatable bonds is 3. The number of aromatic nitrogens is 2. The highest BCUT2D eigenvalue weighted by Crippen LogP contribution is 2.25. The van der Waals surface area contributed by atoms with E-state index in [-0.39, 0.29) is 0 Å². The van der Waals surface area contributed by atoms with Crippen LogP contribution >= 0.6 is 0 Å². The minimum atomic E-state index is 0.513. The summed E-state index contributed by atoms with van der Waals surface area (Å²) in [5.41, 5.74) is 10.4. The molecule has 1 aromatic carbocycles. The highest BCUT2D eigenvalue weighted by molar-refractivity contribution is 5.63. The number of imidazole rings is 1. The van der Waals surface area contributed by atoms with E-state index in [2.05, 4.69) is 47.7 Å². The number of hydrogen-bond donors (Lipinski definition) is 1. The molecule has 3 heteroatoms. The van der Waals surface area contributed by atoms with Gasteiger partial charge in [-0.1, -0.05) is 38.1 Å². The monoisotopic (exact) mass is 243 g/mol. The van der Waals surface area contributed by atoms with Gasteiger partial charge in [0.2, 0.25) is 0 Å². The highest BCUT2D eigenvalue weighted by Gasteiger charge is 2.12. The minimum absolute atomic E-state index is 0.513. The van der Waals surface area contributed by atoms with Crippen LogP contribution in [0, 0.1) is 6.92 Å². The van der Waals surface area contributed by atoms with Gasteiger partial charge in [0.05, 0.1) is 11.4 Å². The van der Waals surface area contributed by atoms with Crippen LogP contribution in [0.4, 0.5) is 0 Å². The van der Waals surface area contributed by atoms with Crippen molar-refractivity contribution in [3.8, 4) is 11.3 Å². The molecule has 0 bridgehead atoms. The van der Waals surface area contributed by atoms with Crippen molar-refractivity contribution in [3.05, 3.63) is 41.3 Å². The molecule has 0 aliphatic carbocycles. The molecule has 0 amide bonds. The first-order valence-corrected chi connectivity index (χ1v) is 6.37. The normalized spacial score (nSPS) is 11.2. The Bertz CT molecular complexity index is 536. The maximum Gasteiger partial charge on any atom is 0.106 e. The predicted molar refractivity (Wildman–Crippen MR) is 75.4 cm³/mol. The average molecular weight is 243 g/mol. The van der Waals surface area contributed by atoms with Crippen LogP contribution in [0.15, 0.2) is 24.3 Å². The number of benzene rings is 1. The molecular weight excluding hydrogens is 222 g/mol. The zero-order chi connectivity index (χ0) is 13.3. The molecule has 1 heterocycles. The van der Waals surface area contributed by atoms with Crippen LogP contribution in [-0.2, 0) is 13.6 Å². The second-order valence-electron chi connectivity index (χ2n) is 4.99. The fourth-order valence-electron chi connectivity index (χ4n) is 2.15. The molecule has 0 aliphatic heterocycles. The fraction of sp³-hybridized carbons (Fsp3) is 0.400. The lowest BCUT2D eigenvalue weighted by Crippen LogP contribution is -2.05. The fourth-order valence-corrected chi connectivity index (χ4v) is 2.15. The van der Waals surface area contributed by atoms with Gasteiger partial charge in [0.1, 0.15) is 5.82 Å². The molecule has 2 N–H and O–H groups in total. The Balaban J connectivity index is 2.45. The Morgan fingerprint density at radius 1 is 1.22 bits per heavy atom. The van der Waals surface area contributed by atoms with Crippen LogP contribution < -0.4 is 5.73 Å². The lowest BCUT2D eigenvalue weighted by Gasteiger charge is -2.07. The van der Waals surface area contributed by atoms with E-state index in [1.165, 1.54) is 5.56 Å². The van der Waals surface area contributed by atoms with Crippen LogP contribution in [0.5, 0.6) is 0 Å². The molecule has 0 spiro atoms. The summed E-state index contributed by atoms with van der Waals surface area (Å²) in [5.74, 6) is 1.55. The largest absolute Gasteiger partial charge is 0.334 e. The average Bonchev–Trinajstić information content (AvgIpc) is 2.65. The van der Waals surface area contributed by atoms with E-state index < -0.39 is 0 Å².